The molecule has 2 N–H and O–H groups in total. The Morgan fingerprint density at radius 3 is 2.42 bits per heavy atom. The molecule has 140 valence electrons. The van der Waals surface area contributed by atoms with Gasteiger partial charge < -0.3 is 14.8 Å². The van der Waals surface area contributed by atoms with Gasteiger partial charge in [0.2, 0.25) is 10.0 Å². The number of furan rings is 1. The van der Waals surface area contributed by atoms with Crippen LogP contribution in [-0.2, 0) is 15.6 Å². The molecule has 1 heterocycles. The van der Waals surface area contributed by atoms with Gasteiger partial charge >= 0.3 is 0 Å². The van der Waals surface area contributed by atoms with Gasteiger partial charge in [-0.2, -0.15) is 0 Å². The number of sulfonamides is 1. The molecule has 8 heteroatoms. The zero-order valence-corrected chi connectivity index (χ0v) is 15.5. The lowest BCUT2D eigenvalue weighted by atomic mass is 9.94. The van der Waals surface area contributed by atoms with Crippen LogP contribution in [0, 0.1) is 5.92 Å². The molecular weight excluding hydrogens is 356 g/mol. The molecule has 0 bridgehead atoms. The number of amides is 1. The van der Waals surface area contributed by atoms with Crippen LogP contribution in [-0.4, -0.2) is 44.4 Å². The van der Waals surface area contributed by atoms with E-state index in [0.717, 1.165) is 17.1 Å². The number of nitrogens with zero attached hydrogens (tertiary/aromatic N) is 1. The summed E-state index contributed by atoms with van der Waals surface area (Å²) in [7, 11) is -0.643. The van der Waals surface area contributed by atoms with Crippen LogP contribution in [0.2, 0.25) is 0 Å². The van der Waals surface area contributed by atoms with Crippen LogP contribution in [0.3, 0.4) is 0 Å². The molecule has 1 fully saturated rings. The smallest absolute Gasteiger partial charge is 0.251 e. The monoisotopic (exact) mass is 378 g/mol. The molecule has 1 aromatic carbocycles. The van der Waals surface area contributed by atoms with Crippen molar-refractivity contribution in [2.75, 3.05) is 20.6 Å². The number of carbonyl (C=O) groups is 1. The fraction of sp³-hybridized carbons (Fsp3) is 0.389. The minimum absolute atomic E-state index is 0.0295. The van der Waals surface area contributed by atoms with E-state index in [9.17, 15) is 18.3 Å². The van der Waals surface area contributed by atoms with Crippen molar-refractivity contribution in [1.82, 2.24) is 9.62 Å². The number of carbonyl (C=O) groups excluding carboxylic acids is 1. The van der Waals surface area contributed by atoms with Gasteiger partial charge in [-0.15, -0.1) is 0 Å². The van der Waals surface area contributed by atoms with Gasteiger partial charge in [0.25, 0.3) is 5.91 Å². The summed E-state index contributed by atoms with van der Waals surface area (Å²) in [6.07, 6.45) is 3.25. The Kier molecular flexibility index (Phi) is 4.92. The van der Waals surface area contributed by atoms with Crippen molar-refractivity contribution >= 4 is 15.9 Å². The van der Waals surface area contributed by atoms with Crippen LogP contribution in [0.5, 0.6) is 0 Å². The first-order chi connectivity index (χ1) is 12.2. The maximum absolute atomic E-state index is 12.4. The molecule has 1 atom stereocenters. The van der Waals surface area contributed by atoms with Crippen LogP contribution in [0.4, 0.5) is 0 Å². The molecule has 0 unspecified atom stereocenters. The van der Waals surface area contributed by atoms with Crippen molar-refractivity contribution in [1.29, 1.82) is 0 Å². The number of hydrogen-bond donors (Lipinski definition) is 2. The predicted octanol–water partition coefficient (Wildman–Crippen LogP) is 1.56. The van der Waals surface area contributed by atoms with E-state index >= 15 is 0 Å². The molecule has 1 aliphatic carbocycles. The Morgan fingerprint density at radius 2 is 1.92 bits per heavy atom. The van der Waals surface area contributed by atoms with Gasteiger partial charge in [-0.1, -0.05) is 0 Å². The highest BCUT2D eigenvalue weighted by atomic mass is 32.2. The standard InChI is InChI=1S/C18H22N2O5S/c1-20(2)26(23,24)15-9-5-13(6-10-15)17(21)19-12-18(22,14-7-8-14)16-4-3-11-25-16/h3-6,9-11,14,22H,7-8,12H2,1-2H3,(H,19,21)/t18-/m0/s1. The van der Waals surface area contributed by atoms with E-state index in [-0.39, 0.29) is 23.3 Å². The molecule has 1 aromatic heterocycles. The molecule has 7 nitrogen and oxygen atoms in total. The lowest BCUT2D eigenvalue weighted by Crippen LogP contribution is -2.42. The quantitative estimate of drug-likeness (QED) is 0.762. The lowest BCUT2D eigenvalue weighted by Gasteiger charge is -2.26. The summed E-state index contributed by atoms with van der Waals surface area (Å²) in [6.45, 7) is 0.0295. The highest BCUT2D eigenvalue weighted by Crippen LogP contribution is 2.45. The average molecular weight is 378 g/mol. The highest BCUT2D eigenvalue weighted by molar-refractivity contribution is 7.89. The third-order valence-corrected chi connectivity index (χ3v) is 6.44. The van der Waals surface area contributed by atoms with Crippen molar-refractivity contribution in [3.05, 3.63) is 54.0 Å². The second kappa shape index (κ2) is 6.86. The van der Waals surface area contributed by atoms with Gasteiger partial charge in [0, 0.05) is 19.7 Å². The summed E-state index contributed by atoms with van der Waals surface area (Å²) >= 11 is 0. The van der Waals surface area contributed by atoms with E-state index in [0.29, 0.717) is 11.3 Å². The van der Waals surface area contributed by atoms with Crippen LogP contribution in [0.15, 0.2) is 52.0 Å². The Hall–Kier alpha value is -2.16. The average Bonchev–Trinajstić information content (AvgIpc) is 3.34. The Bertz CT molecular complexity index is 871. The summed E-state index contributed by atoms with van der Waals surface area (Å²) in [5.41, 5.74) is -0.909. The van der Waals surface area contributed by atoms with E-state index in [4.69, 9.17) is 4.42 Å². The Labute approximate surface area is 152 Å². The van der Waals surface area contributed by atoms with E-state index < -0.39 is 15.6 Å². The molecule has 1 saturated carbocycles. The lowest BCUT2D eigenvalue weighted by molar-refractivity contribution is -0.00610. The first-order valence-electron chi connectivity index (χ1n) is 8.32. The van der Waals surface area contributed by atoms with Crippen molar-refractivity contribution < 1.29 is 22.7 Å². The molecule has 1 amide bonds. The van der Waals surface area contributed by atoms with Crippen LogP contribution in [0.1, 0.15) is 29.0 Å². The molecule has 3 rings (SSSR count). The third kappa shape index (κ3) is 3.53. The predicted molar refractivity (Wildman–Crippen MR) is 95.0 cm³/mol. The number of rotatable bonds is 7. The number of aliphatic hydroxyl groups is 1. The largest absolute Gasteiger partial charge is 0.466 e. The van der Waals surface area contributed by atoms with Gasteiger partial charge in [-0.25, -0.2) is 12.7 Å². The number of hydrogen-bond acceptors (Lipinski definition) is 5. The summed E-state index contributed by atoms with van der Waals surface area (Å²) in [4.78, 5) is 12.5. The second-order valence-electron chi connectivity index (χ2n) is 6.67. The van der Waals surface area contributed by atoms with E-state index in [1.807, 2.05) is 0 Å². The molecule has 0 saturated heterocycles. The zero-order chi connectivity index (χ0) is 18.9. The fourth-order valence-corrected chi connectivity index (χ4v) is 3.73. The molecule has 2 aromatic rings. The third-order valence-electron chi connectivity index (χ3n) is 4.61. The maximum Gasteiger partial charge on any atom is 0.251 e. The van der Waals surface area contributed by atoms with Crippen molar-refractivity contribution in [3.63, 3.8) is 0 Å². The van der Waals surface area contributed by atoms with Crippen molar-refractivity contribution in [2.45, 2.75) is 23.3 Å². The molecule has 0 spiro atoms. The summed E-state index contributed by atoms with van der Waals surface area (Å²) in [6, 6.07) is 9.09. The fourth-order valence-electron chi connectivity index (χ4n) is 2.82. The second-order valence-corrected chi connectivity index (χ2v) is 8.82. The van der Waals surface area contributed by atoms with Gasteiger partial charge in [-0.3, -0.25) is 4.79 Å². The van der Waals surface area contributed by atoms with E-state index in [1.54, 1.807) is 12.1 Å². The highest BCUT2D eigenvalue weighted by Gasteiger charge is 2.47. The Morgan fingerprint density at radius 1 is 1.27 bits per heavy atom. The minimum atomic E-state index is -3.54. The summed E-state index contributed by atoms with van der Waals surface area (Å²) in [5.74, 6) is 0.110. The molecule has 26 heavy (non-hydrogen) atoms. The SMILES string of the molecule is CN(C)S(=O)(=O)c1ccc(C(=O)NC[C@@](O)(c2ccco2)C2CC2)cc1. The number of nitrogens with one attached hydrogen (secondary N) is 1. The maximum atomic E-state index is 12.4. The minimum Gasteiger partial charge on any atom is -0.466 e. The van der Waals surface area contributed by atoms with Crippen LogP contribution in [0.25, 0.3) is 0 Å². The van der Waals surface area contributed by atoms with Gasteiger partial charge in [0.15, 0.2) is 0 Å². The summed E-state index contributed by atoms with van der Waals surface area (Å²) < 4.78 is 30.6. The summed E-state index contributed by atoms with van der Waals surface area (Å²) in [5, 5.41) is 13.6. The molecule has 0 aliphatic heterocycles. The topological polar surface area (TPSA) is 99.9 Å². The Balaban J connectivity index is 1.70. The van der Waals surface area contributed by atoms with Crippen LogP contribution >= 0.6 is 0 Å². The van der Waals surface area contributed by atoms with Gasteiger partial charge in [0.1, 0.15) is 11.4 Å². The van der Waals surface area contributed by atoms with E-state index in [1.165, 1.54) is 44.6 Å². The molecule has 0 radical (unpaired) electrons. The first-order valence-corrected chi connectivity index (χ1v) is 9.76. The first kappa shape index (κ1) is 18.6. The zero-order valence-electron chi connectivity index (χ0n) is 14.7. The normalized spacial score (nSPS) is 17.1. The number of benzene rings is 1. The van der Waals surface area contributed by atoms with Crippen molar-refractivity contribution in [3.8, 4) is 0 Å². The van der Waals surface area contributed by atoms with Crippen LogP contribution < -0.4 is 5.32 Å². The van der Waals surface area contributed by atoms with Gasteiger partial charge in [-0.05, 0) is 55.2 Å². The molecular formula is C18H22N2O5S. The molecule has 1 aliphatic rings. The van der Waals surface area contributed by atoms with E-state index in [2.05, 4.69) is 5.32 Å². The van der Waals surface area contributed by atoms with Crippen molar-refractivity contribution in [2.24, 2.45) is 5.92 Å². The van der Waals surface area contributed by atoms with Gasteiger partial charge in [0.05, 0.1) is 17.7 Å².